The van der Waals surface area contributed by atoms with Gasteiger partial charge in [0.05, 0.1) is 26.4 Å². The van der Waals surface area contributed by atoms with E-state index in [2.05, 4.69) is 55.4 Å². The van der Waals surface area contributed by atoms with E-state index in [-0.39, 0.29) is 25.7 Å². The van der Waals surface area contributed by atoms with Crippen LogP contribution in [0.1, 0.15) is 434 Å². The average molecular weight is 1510 g/mol. The van der Waals surface area contributed by atoms with E-state index in [1.165, 1.54) is 231 Å². The van der Waals surface area contributed by atoms with Crippen LogP contribution >= 0.6 is 15.6 Å². The first kappa shape index (κ1) is 101. The minimum Gasteiger partial charge on any atom is -0.462 e. The number of unbranched alkanes of at least 4 members (excludes halogenated alkanes) is 44. The van der Waals surface area contributed by atoms with E-state index in [1.807, 2.05) is 0 Å². The summed E-state index contributed by atoms with van der Waals surface area (Å²) in [5.74, 6) is 1.03. The SMILES string of the molecule is CCC(C)CCCCCCCCCCCCCCCCCCCCC(=O)O[C@H](COC(=O)CCCCCCCCC(C)CC)COP(=O)(O)OC[C@H](O)COP(=O)(O)OC[C@@H](COC(=O)CCCCCCCCCCCCCCCCCCCCC(C)C)OC(=O)CCCCCCCCC(C)CC. The van der Waals surface area contributed by atoms with Crippen molar-refractivity contribution >= 4 is 39.5 Å². The Hall–Kier alpha value is -1.94. The molecule has 0 rings (SSSR count). The fourth-order valence-corrected chi connectivity index (χ4v) is 14.4. The zero-order valence-electron chi connectivity index (χ0n) is 68.0. The molecular formula is C84H164O17P2. The van der Waals surface area contributed by atoms with Crippen LogP contribution in [0.25, 0.3) is 0 Å². The molecule has 612 valence electrons. The fraction of sp³-hybridized carbons (Fsp3) is 0.952. The Balaban J connectivity index is 5.11. The van der Waals surface area contributed by atoms with Crippen LogP contribution < -0.4 is 0 Å². The quantitative estimate of drug-likeness (QED) is 0.0222. The maximum atomic E-state index is 13.1. The van der Waals surface area contributed by atoms with Crippen LogP contribution in [0.3, 0.4) is 0 Å². The molecular weight excluding hydrogens is 1340 g/mol. The van der Waals surface area contributed by atoms with Crippen LogP contribution in [0, 0.1) is 23.7 Å². The summed E-state index contributed by atoms with van der Waals surface area (Å²) >= 11 is 0. The van der Waals surface area contributed by atoms with Gasteiger partial charge in [-0.15, -0.1) is 0 Å². The molecule has 0 amide bonds. The third-order valence-corrected chi connectivity index (χ3v) is 22.6. The van der Waals surface area contributed by atoms with E-state index in [4.69, 9.17) is 37.0 Å². The summed E-state index contributed by atoms with van der Waals surface area (Å²) in [7, 11) is -9.92. The molecule has 19 heteroatoms. The van der Waals surface area contributed by atoms with E-state index in [0.717, 1.165) is 120 Å². The zero-order chi connectivity index (χ0) is 76.0. The Morgan fingerprint density at radius 2 is 0.466 bits per heavy atom. The normalized spacial score (nSPS) is 14.8. The highest BCUT2D eigenvalue weighted by Crippen LogP contribution is 2.45. The van der Waals surface area contributed by atoms with Gasteiger partial charge in [0.1, 0.15) is 19.3 Å². The van der Waals surface area contributed by atoms with Crippen molar-refractivity contribution in [3.8, 4) is 0 Å². The number of esters is 4. The number of carbonyl (C=O) groups excluding carboxylic acids is 4. The predicted molar refractivity (Wildman–Crippen MR) is 423 cm³/mol. The summed E-state index contributed by atoms with van der Waals surface area (Å²) in [6.45, 7) is 14.3. The molecule has 0 aromatic carbocycles. The van der Waals surface area contributed by atoms with Gasteiger partial charge < -0.3 is 33.8 Å². The lowest BCUT2D eigenvalue weighted by atomic mass is 9.99. The molecule has 0 fully saturated rings. The van der Waals surface area contributed by atoms with Gasteiger partial charge in [0.15, 0.2) is 12.2 Å². The van der Waals surface area contributed by atoms with Crippen molar-refractivity contribution in [1.82, 2.24) is 0 Å². The molecule has 3 N–H and O–H groups in total. The maximum absolute atomic E-state index is 13.1. The zero-order valence-corrected chi connectivity index (χ0v) is 69.7. The lowest BCUT2D eigenvalue weighted by Crippen LogP contribution is -2.30. The largest absolute Gasteiger partial charge is 0.472 e. The second-order valence-corrected chi connectivity index (χ2v) is 34.3. The smallest absolute Gasteiger partial charge is 0.462 e. The highest BCUT2D eigenvalue weighted by atomic mass is 31.2. The molecule has 5 unspecified atom stereocenters. The fourth-order valence-electron chi connectivity index (χ4n) is 12.9. The van der Waals surface area contributed by atoms with Crippen LogP contribution in [0.5, 0.6) is 0 Å². The molecule has 0 bridgehead atoms. The molecule has 0 aromatic rings. The van der Waals surface area contributed by atoms with Crippen molar-refractivity contribution in [3.05, 3.63) is 0 Å². The number of phosphoric ester groups is 2. The third kappa shape index (κ3) is 74.0. The molecule has 0 spiro atoms. The lowest BCUT2D eigenvalue weighted by molar-refractivity contribution is -0.161. The summed E-state index contributed by atoms with van der Waals surface area (Å²) in [6.07, 6.45) is 61.4. The van der Waals surface area contributed by atoms with E-state index < -0.39 is 97.5 Å². The molecule has 103 heavy (non-hydrogen) atoms. The second-order valence-electron chi connectivity index (χ2n) is 31.4. The Morgan fingerprint density at radius 3 is 0.689 bits per heavy atom. The number of aliphatic hydroxyl groups is 1. The van der Waals surface area contributed by atoms with Crippen molar-refractivity contribution in [1.29, 1.82) is 0 Å². The van der Waals surface area contributed by atoms with Gasteiger partial charge in [0.25, 0.3) is 0 Å². The average Bonchev–Trinajstić information content (AvgIpc) is 0.915. The summed E-state index contributed by atoms with van der Waals surface area (Å²) in [6, 6.07) is 0. The van der Waals surface area contributed by atoms with Gasteiger partial charge in [-0.3, -0.25) is 37.3 Å². The molecule has 0 heterocycles. The van der Waals surface area contributed by atoms with Crippen LogP contribution in [0.2, 0.25) is 0 Å². The van der Waals surface area contributed by atoms with Crippen molar-refractivity contribution < 1.29 is 80.2 Å². The molecule has 17 nitrogen and oxygen atoms in total. The van der Waals surface area contributed by atoms with Crippen molar-refractivity contribution in [2.45, 2.75) is 453 Å². The van der Waals surface area contributed by atoms with Gasteiger partial charge in [-0.1, -0.05) is 383 Å². The standard InChI is InChI=1S/C84H164O17P2/c1-9-75(6)61-53-45-37-33-29-25-21-17-13-15-19-23-27-31-35-39-50-58-66-83(88)100-79(71-95-82(87)65-57-49-42-40-46-54-62-76(7)10-2)72-98-102(90,91)96-68-78(85)69-97-103(92,93)99-73-80(101-84(89)67-59-51-43-41-47-55-63-77(8)11-3)70-94-81(86)64-56-48-38-34-30-26-22-18-14-12-16-20-24-28-32-36-44-52-60-74(4)5/h74-80,85H,9-73H2,1-8H3,(H,90,91)(H,92,93)/t75?,76?,77?,78-,79+,80+/m0/s1. The summed E-state index contributed by atoms with van der Waals surface area (Å²) in [4.78, 5) is 73.0. The van der Waals surface area contributed by atoms with E-state index in [9.17, 15) is 43.2 Å². The number of rotatable bonds is 81. The highest BCUT2D eigenvalue weighted by Gasteiger charge is 2.30. The minimum atomic E-state index is -4.96. The summed E-state index contributed by atoms with van der Waals surface area (Å²) in [5, 5.41) is 10.6. The molecule has 0 saturated carbocycles. The highest BCUT2D eigenvalue weighted by molar-refractivity contribution is 7.47. The van der Waals surface area contributed by atoms with Gasteiger partial charge in [-0.05, 0) is 49.4 Å². The minimum absolute atomic E-state index is 0.103. The van der Waals surface area contributed by atoms with Crippen LogP contribution in [0.15, 0.2) is 0 Å². The molecule has 8 atom stereocenters. The number of hydrogen-bond donors (Lipinski definition) is 3. The monoisotopic (exact) mass is 1510 g/mol. The first-order chi connectivity index (χ1) is 49.7. The van der Waals surface area contributed by atoms with E-state index in [0.29, 0.717) is 25.7 Å². The van der Waals surface area contributed by atoms with Crippen LogP contribution in [-0.2, 0) is 65.4 Å². The summed E-state index contributed by atoms with van der Waals surface area (Å²) in [5.41, 5.74) is 0. The Kier molecular flexibility index (Phi) is 71.5. The molecule has 0 saturated heterocycles. The van der Waals surface area contributed by atoms with Gasteiger partial charge in [0, 0.05) is 25.7 Å². The number of hydrogen-bond acceptors (Lipinski definition) is 15. The molecule has 0 aliphatic rings. The Morgan fingerprint density at radius 1 is 0.272 bits per heavy atom. The second kappa shape index (κ2) is 72.9. The van der Waals surface area contributed by atoms with Gasteiger partial charge >= 0.3 is 39.5 Å². The first-order valence-electron chi connectivity index (χ1n) is 43.3. The Labute approximate surface area is 632 Å². The predicted octanol–water partition coefficient (Wildman–Crippen LogP) is 25.2. The van der Waals surface area contributed by atoms with Crippen LogP contribution in [0.4, 0.5) is 0 Å². The van der Waals surface area contributed by atoms with Crippen molar-refractivity contribution in [2.75, 3.05) is 39.6 Å². The van der Waals surface area contributed by atoms with Crippen molar-refractivity contribution in [2.24, 2.45) is 23.7 Å². The summed E-state index contributed by atoms with van der Waals surface area (Å²) < 4.78 is 68.7. The van der Waals surface area contributed by atoms with Crippen molar-refractivity contribution in [3.63, 3.8) is 0 Å². The molecule has 0 aromatic heterocycles. The number of phosphoric acid groups is 2. The van der Waals surface area contributed by atoms with E-state index >= 15 is 0 Å². The van der Waals surface area contributed by atoms with Gasteiger partial charge in [-0.2, -0.15) is 0 Å². The van der Waals surface area contributed by atoms with Gasteiger partial charge in [0.2, 0.25) is 0 Å². The maximum Gasteiger partial charge on any atom is 0.472 e. The van der Waals surface area contributed by atoms with Crippen LogP contribution in [-0.4, -0.2) is 96.7 Å². The van der Waals surface area contributed by atoms with Gasteiger partial charge in [-0.25, -0.2) is 9.13 Å². The Bertz CT molecular complexity index is 2010. The molecule has 0 radical (unpaired) electrons. The molecule has 0 aliphatic heterocycles. The first-order valence-corrected chi connectivity index (χ1v) is 46.3. The number of aliphatic hydroxyl groups excluding tert-OH is 1. The molecule has 0 aliphatic carbocycles. The third-order valence-electron chi connectivity index (χ3n) is 20.7. The number of carbonyl (C=O) groups is 4. The topological polar surface area (TPSA) is 237 Å². The van der Waals surface area contributed by atoms with E-state index in [1.54, 1.807) is 0 Å². The lowest BCUT2D eigenvalue weighted by Gasteiger charge is -2.21. The number of ether oxygens (including phenoxy) is 4.